The predicted octanol–water partition coefficient (Wildman–Crippen LogP) is 1.86. The molecule has 2 heterocycles. The highest BCUT2D eigenvalue weighted by Gasteiger charge is 2.25. The minimum atomic E-state index is -0.593. The monoisotopic (exact) mass is 325 g/mol. The quantitative estimate of drug-likeness (QED) is 0.930. The van der Waals surface area contributed by atoms with Gasteiger partial charge < -0.3 is 15.4 Å². The number of hydrogen-bond acceptors (Lipinski definition) is 4. The highest BCUT2D eigenvalue weighted by Crippen LogP contribution is 2.20. The lowest BCUT2D eigenvalue weighted by Gasteiger charge is -2.33. The maximum absolute atomic E-state index is 12.5. The Labute approximate surface area is 140 Å². The van der Waals surface area contributed by atoms with Gasteiger partial charge in [-0.2, -0.15) is 0 Å². The van der Waals surface area contributed by atoms with Crippen molar-refractivity contribution in [3.05, 3.63) is 59.9 Å². The standard InChI is InChI=1S/C18H19N3O3/c19-17(22)16-11-14(8-9-20-16)24-15-7-4-10-21(12-15)18(23)13-5-2-1-3-6-13/h1-3,5-6,8-9,11,15H,4,7,10,12H2,(H2,19,22). The average Bonchev–Trinajstić information content (AvgIpc) is 2.62. The van der Waals surface area contributed by atoms with Gasteiger partial charge in [0.05, 0.1) is 6.54 Å². The molecule has 24 heavy (non-hydrogen) atoms. The molecule has 0 spiro atoms. The second-order valence-electron chi connectivity index (χ2n) is 5.74. The molecular formula is C18H19N3O3. The van der Waals surface area contributed by atoms with Crippen LogP contribution in [0.1, 0.15) is 33.7 Å². The van der Waals surface area contributed by atoms with Crippen molar-refractivity contribution in [3.8, 4) is 5.75 Å². The van der Waals surface area contributed by atoms with Crippen molar-refractivity contribution < 1.29 is 14.3 Å². The van der Waals surface area contributed by atoms with Gasteiger partial charge in [0, 0.05) is 24.4 Å². The molecule has 1 aliphatic heterocycles. The number of likely N-dealkylation sites (tertiary alicyclic amines) is 1. The second-order valence-corrected chi connectivity index (χ2v) is 5.74. The Kier molecular flexibility index (Phi) is 4.74. The summed E-state index contributed by atoms with van der Waals surface area (Å²) in [5, 5.41) is 0. The number of aromatic nitrogens is 1. The number of ether oxygens (including phenoxy) is 1. The van der Waals surface area contributed by atoms with Crippen LogP contribution in [0.3, 0.4) is 0 Å². The number of carbonyl (C=O) groups excluding carboxylic acids is 2. The van der Waals surface area contributed by atoms with Gasteiger partial charge in [0.25, 0.3) is 11.8 Å². The van der Waals surface area contributed by atoms with Crippen molar-refractivity contribution in [3.63, 3.8) is 0 Å². The smallest absolute Gasteiger partial charge is 0.267 e. The molecule has 1 aliphatic rings. The topological polar surface area (TPSA) is 85.5 Å². The van der Waals surface area contributed by atoms with Crippen LogP contribution in [0.4, 0.5) is 0 Å². The Morgan fingerprint density at radius 3 is 2.75 bits per heavy atom. The Hall–Kier alpha value is -2.89. The molecule has 0 bridgehead atoms. The summed E-state index contributed by atoms with van der Waals surface area (Å²) in [6, 6.07) is 12.4. The van der Waals surface area contributed by atoms with Crippen molar-refractivity contribution in [1.82, 2.24) is 9.88 Å². The first kappa shape index (κ1) is 16.0. The molecule has 0 radical (unpaired) electrons. The molecule has 2 amide bonds. The van der Waals surface area contributed by atoms with Crippen LogP contribution in [0, 0.1) is 0 Å². The van der Waals surface area contributed by atoms with Crippen molar-refractivity contribution in [2.24, 2.45) is 5.73 Å². The average molecular weight is 325 g/mol. The predicted molar refractivity (Wildman–Crippen MR) is 88.8 cm³/mol. The van der Waals surface area contributed by atoms with E-state index in [1.807, 2.05) is 30.3 Å². The van der Waals surface area contributed by atoms with E-state index >= 15 is 0 Å². The van der Waals surface area contributed by atoms with Crippen LogP contribution in [-0.4, -0.2) is 40.9 Å². The molecule has 1 unspecified atom stereocenters. The molecule has 2 N–H and O–H groups in total. The van der Waals surface area contributed by atoms with E-state index in [4.69, 9.17) is 10.5 Å². The SMILES string of the molecule is NC(=O)c1cc(OC2CCCN(C(=O)c3ccccc3)C2)ccn1. The first-order valence-electron chi connectivity index (χ1n) is 7.90. The molecule has 3 rings (SSSR count). The van der Waals surface area contributed by atoms with E-state index in [0.29, 0.717) is 17.9 Å². The summed E-state index contributed by atoms with van der Waals surface area (Å²) in [6.07, 6.45) is 3.10. The number of hydrogen-bond donors (Lipinski definition) is 1. The van der Waals surface area contributed by atoms with Gasteiger partial charge in [-0.3, -0.25) is 14.6 Å². The molecule has 124 valence electrons. The highest BCUT2D eigenvalue weighted by atomic mass is 16.5. The fourth-order valence-corrected chi connectivity index (χ4v) is 2.79. The number of nitrogens with two attached hydrogens (primary N) is 1. The molecule has 6 nitrogen and oxygen atoms in total. The molecule has 0 aliphatic carbocycles. The molecule has 6 heteroatoms. The summed E-state index contributed by atoms with van der Waals surface area (Å²) >= 11 is 0. The van der Waals surface area contributed by atoms with Crippen LogP contribution in [0.15, 0.2) is 48.7 Å². The lowest BCUT2D eigenvalue weighted by Crippen LogP contribution is -2.44. The Morgan fingerprint density at radius 2 is 2.00 bits per heavy atom. The Bertz CT molecular complexity index is 733. The number of nitrogens with zero attached hydrogens (tertiary/aromatic N) is 2. The second kappa shape index (κ2) is 7.12. The number of primary amides is 1. The summed E-state index contributed by atoms with van der Waals surface area (Å²) in [4.78, 5) is 29.4. The minimum absolute atomic E-state index is 0.0106. The third-order valence-corrected chi connectivity index (χ3v) is 3.97. The zero-order valence-electron chi connectivity index (χ0n) is 13.2. The molecule has 1 atom stereocenters. The largest absolute Gasteiger partial charge is 0.488 e. The van der Waals surface area contributed by atoms with Crippen molar-refractivity contribution in [2.75, 3.05) is 13.1 Å². The van der Waals surface area contributed by atoms with Crippen LogP contribution in [0.5, 0.6) is 5.75 Å². The van der Waals surface area contributed by atoms with Gasteiger partial charge in [-0.1, -0.05) is 18.2 Å². The zero-order chi connectivity index (χ0) is 16.9. The number of amides is 2. The summed E-state index contributed by atoms with van der Waals surface area (Å²) in [6.45, 7) is 1.23. The van der Waals surface area contributed by atoms with Crippen molar-refractivity contribution in [1.29, 1.82) is 0 Å². The molecular weight excluding hydrogens is 306 g/mol. The third kappa shape index (κ3) is 3.71. The number of rotatable bonds is 4. The highest BCUT2D eigenvalue weighted by molar-refractivity contribution is 5.94. The van der Waals surface area contributed by atoms with Crippen LogP contribution >= 0.6 is 0 Å². The number of piperidine rings is 1. The molecule has 1 aromatic heterocycles. The van der Waals surface area contributed by atoms with Crippen molar-refractivity contribution in [2.45, 2.75) is 18.9 Å². The fraction of sp³-hybridized carbons (Fsp3) is 0.278. The van der Waals surface area contributed by atoms with E-state index in [9.17, 15) is 9.59 Å². The van der Waals surface area contributed by atoms with Gasteiger partial charge in [0.1, 0.15) is 17.5 Å². The van der Waals surface area contributed by atoms with Gasteiger partial charge in [0.15, 0.2) is 0 Å². The van der Waals surface area contributed by atoms with Gasteiger partial charge in [-0.15, -0.1) is 0 Å². The number of carbonyl (C=O) groups is 2. The third-order valence-electron chi connectivity index (χ3n) is 3.97. The molecule has 1 saturated heterocycles. The van der Waals surface area contributed by atoms with E-state index < -0.39 is 5.91 Å². The van der Waals surface area contributed by atoms with Gasteiger partial charge in [-0.25, -0.2) is 0 Å². The van der Waals surface area contributed by atoms with Crippen LogP contribution in [-0.2, 0) is 0 Å². The minimum Gasteiger partial charge on any atom is -0.488 e. The summed E-state index contributed by atoms with van der Waals surface area (Å²) < 4.78 is 5.92. The van der Waals surface area contributed by atoms with Crippen LogP contribution in [0.25, 0.3) is 0 Å². The number of benzene rings is 1. The Morgan fingerprint density at radius 1 is 1.21 bits per heavy atom. The molecule has 1 aromatic carbocycles. The number of pyridine rings is 1. The van der Waals surface area contributed by atoms with Gasteiger partial charge >= 0.3 is 0 Å². The van der Waals surface area contributed by atoms with Gasteiger partial charge in [-0.05, 0) is 31.0 Å². The van der Waals surface area contributed by atoms with E-state index in [-0.39, 0.29) is 17.7 Å². The lowest BCUT2D eigenvalue weighted by molar-refractivity contribution is 0.0537. The van der Waals surface area contributed by atoms with E-state index in [2.05, 4.69) is 4.98 Å². The zero-order valence-corrected chi connectivity index (χ0v) is 13.2. The fourth-order valence-electron chi connectivity index (χ4n) is 2.79. The van der Waals surface area contributed by atoms with E-state index in [0.717, 1.165) is 19.4 Å². The Balaban J connectivity index is 1.66. The molecule has 1 fully saturated rings. The maximum atomic E-state index is 12.5. The normalized spacial score (nSPS) is 17.3. The lowest BCUT2D eigenvalue weighted by atomic mass is 10.1. The summed E-state index contributed by atoms with van der Waals surface area (Å²) in [5.74, 6) is -0.0424. The maximum Gasteiger partial charge on any atom is 0.267 e. The van der Waals surface area contributed by atoms with Gasteiger partial charge in [0.2, 0.25) is 0 Å². The van der Waals surface area contributed by atoms with E-state index in [1.54, 1.807) is 11.0 Å². The summed E-state index contributed by atoms with van der Waals surface area (Å²) in [7, 11) is 0. The van der Waals surface area contributed by atoms with Crippen LogP contribution < -0.4 is 10.5 Å². The first-order chi connectivity index (χ1) is 11.6. The van der Waals surface area contributed by atoms with E-state index in [1.165, 1.54) is 12.3 Å². The molecule has 0 saturated carbocycles. The van der Waals surface area contributed by atoms with Crippen molar-refractivity contribution >= 4 is 11.8 Å². The first-order valence-corrected chi connectivity index (χ1v) is 7.90. The summed E-state index contributed by atoms with van der Waals surface area (Å²) in [5.41, 5.74) is 6.08. The molecule has 2 aromatic rings. The van der Waals surface area contributed by atoms with Crippen LogP contribution in [0.2, 0.25) is 0 Å².